The molecule has 0 aromatic heterocycles. The molecule has 28 heavy (non-hydrogen) atoms. The molecule has 0 aliphatic heterocycles. The maximum Gasteiger partial charge on any atom is 0.326 e. The number of carbonyl (C=O) groups excluding carboxylic acids is 3. The van der Waals surface area contributed by atoms with E-state index < -0.39 is 48.2 Å². The maximum absolute atomic E-state index is 12.4. The molecule has 0 fully saturated rings. The predicted octanol–water partition coefficient (Wildman–Crippen LogP) is -2.95. The number of hydrogen-bond donors (Lipinski definition) is 7. The van der Waals surface area contributed by atoms with Crippen molar-refractivity contribution in [3.05, 3.63) is 0 Å². The van der Waals surface area contributed by atoms with Gasteiger partial charge in [0, 0.05) is 6.54 Å². The molecule has 0 heterocycles. The molecule has 3 atom stereocenters. The summed E-state index contributed by atoms with van der Waals surface area (Å²) in [7, 11) is 0. The van der Waals surface area contributed by atoms with Gasteiger partial charge in [0.2, 0.25) is 17.7 Å². The van der Waals surface area contributed by atoms with E-state index in [0.29, 0.717) is 12.2 Å². The van der Waals surface area contributed by atoms with E-state index in [4.69, 9.17) is 22.9 Å². The Morgan fingerprint density at radius 3 is 2.14 bits per heavy atom. The Labute approximate surface area is 167 Å². The Bertz CT molecular complexity index is 583. The van der Waals surface area contributed by atoms with Crippen molar-refractivity contribution in [3.63, 3.8) is 0 Å². The van der Waals surface area contributed by atoms with Crippen molar-refractivity contribution in [2.75, 3.05) is 18.6 Å². The molecule has 0 aliphatic carbocycles. The van der Waals surface area contributed by atoms with Crippen molar-refractivity contribution < 1.29 is 24.3 Å². The number of carboxylic acid groups (broad SMARTS) is 1. The minimum Gasteiger partial charge on any atom is -0.480 e. The number of thioether (sulfide) groups is 1. The second-order valence-corrected chi connectivity index (χ2v) is 6.95. The monoisotopic (exact) mass is 419 g/mol. The highest BCUT2D eigenvalue weighted by Gasteiger charge is 2.28. The number of nitrogens with two attached hydrogens (primary N) is 4. The number of primary amides is 1. The Morgan fingerprint density at radius 1 is 1.04 bits per heavy atom. The molecule has 0 saturated carbocycles. The van der Waals surface area contributed by atoms with Gasteiger partial charge in [0.05, 0.1) is 12.5 Å². The Kier molecular flexibility index (Phi) is 12.4. The fourth-order valence-corrected chi connectivity index (χ4v) is 2.58. The predicted molar refractivity (Wildman–Crippen MR) is 106 cm³/mol. The summed E-state index contributed by atoms with van der Waals surface area (Å²) in [5, 5.41) is 13.8. The zero-order valence-electron chi connectivity index (χ0n) is 15.7. The van der Waals surface area contributed by atoms with Gasteiger partial charge in [-0.3, -0.25) is 19.4 Å². The van der Waals surface area contributed by atoms with Gasteiger partial charge in [-0.15, -0.1) is 0 Å². The van der Waals surface area contributed by atoms with Gasteiger partial charge in [-0.05, 0) is 31.3 Å². The topological polar surface area (TPSA) is 229 Å². The number of aliphatic imine (C=N–C) groups is 1. The molecule has 0 aromatic rings. The van der Waals surface area contributed by atoms with Gasteiger partial charge in [-0.25, -0.2) is 4.79 Å². The second-order valence-electron chi connectivity index (χ2n) is 5.97. The molecular weight excluding hydrogens is 390 g/mol. The number of nitrogens with one attached hydrogen (secondary N) is 2. The lowest BCUT2D eigenvalue weighted by Gasteiger charge is -2.22. The van der Waals surface area contributed by atoms with Crippen LogP contribution in [0.4, 0.5) is 0 Å². The second kappa shape index (κ2) is 13.6. The molecule has 11 N–H and O–H groups in total. The van der Waals surface area contributed by atoms with Crippen LogP contribution in [0.3, 0.4) is 0 Å². The molecule has 3 unspecified atom stereocenters. The number of amides is 3. The van der Waals surface area contributed by atoms with Crippen molar-refractivity contribution in [2.45, 2.75) is 43.8 Å². The van der Waals surface area contributed by atoms with Crippen molar-refractivity contribution in [3.8, 4) is 0 Å². The van der Waals surface area contributed by atoms with E-state index in [1.54, 1.807) is 6.26 Å². The lowest BCUT2D eigenvalue weighted by Crippen LogP contribution is -2.55. The van der Waals surface area contributed by atoms with Crippen molar-refractivity contribution in [1.29, 1.82) is 0 Å². The van der Waals surface area contributed by atoms with E-state index in [1.807, 2.05) is 0 Å². The van der Waals surface area contributed by atoms with Crippen molar-refractivity contribution in [2.24, 2.45) is 27.9 Å². The molecule has 0 spiro atoms. The van der Waals surface area contributed by atoms with Crippen LogP contribution in [0.1, 0.15) is 25.7 Å². The molecule has 0 saturated heterocycles. The lowest BCUT2D eigenvalue weighted by molar-refractivity contribution is -0.142. The standard InChI is InChI=1S/C15H29N7O5S/c1-28-6-4-9(14(26)27)21-13(25)10(7-11(17)23)22-12(24)8(16)3-2-5-20-15(18)19/h8-10H,2-7,16H2,1H3,(H2,17,23)(H,21,25)(H,22,24)(H,26,27)(H4,18,19,20). The largest absolute Gasteiger partial charge is 0.480 e. The molecule has 160 valence electrons. The number of hydrogen-bond acceptors (Lipinski definition) is 7. The molecule has 0 rings (SSSR count). The van der Waals surface area contributed by atoms with Gasteiger partial charge in [0.15, 0.2) is 5.96 Å². The minimum absolute atomic E-state index is 0.0781. The summed E-state index contributed by atoms with van der Waals surface area (Å²) in [4.78, 5) is 50.8. The van der Waals surface area contributed by atoms with E-state index in [1.165, 1.54) is 11.8 Å². The van der Waals surface area contributed by atoms with E-state index in [0.717, 1.165) is 0 Å². The molecule has 12 nitrogen and oxygen atoms in total. The van der Waals surface area contributed by atoms with Gasteiger partial charge in [0.25, 0.3) is 0 Å². The first-order valence-corrected chi connectivity index (χ1v) is 9.89. The third-order valence-corrected chi connectivity index (χ3v) is 4.21. The molecule has 0 radical (unpaired) electrons. The van der Waals surface area contributed by atoms with Gasteiger partial charge >= 0.3 is 5.97 Å². The average Bonchev–Trinajstić information content (AvgIpc) is 2.60. The molecule has 0 aromatic carbocycles. The molecular formula is C15H29N7O5S. The number of rotatable bonds is 14. The number of aliphatic carboxylic acids is 1. The van der Waals surface area contributed by atoms with Gasteiger partial charge < -0.3 is 38.7 Å². The number of nitrogens with zero attached hydrogens (tertiary/aromatic N) is 1. The van der Waals surface area contributed by atoms with Crippen LogP contribution in [0.2, 0.25) is 0 Å². The first kappa shape index (κ1) is 25.5. The Balaban J connectivity index is 4.88. The van der Waals surface area contributed by atoms with Crippen molar-refractivity contribution in [1.82, 2.24) is 10.6 Å². The van der Waals surface area contributed by atoms with Gasteiger partial charge in [-0.1, -0.05) is 0 Å². The SMILES string of the molecule is CSCCC(NC(=O)C(CC(N)=O)NC(=O)C(N)CCCN=C(N)N)C(=O)O. The van der Waals surface area contributed by atoms with E-state index >= 15 is 0 Å². The summed E-state index contributed by atoms with van der Waals surface area (Å²) in [6, 6.07) is -3.45. The normalized spacial score (nSPS) is 13.6. The quantitative estimate of drug-likeness (QED) is 0.0865. The van der Waals surface area contributed by atoms with Crippen LogP contribution >= 0.6 is 11.8 Å². The van der Waals surface area contributed by atoms with Gasteiger partial charge in [-0.2, -0.15) is 11.8 Å². The first-order valence-electron chi connectivity index (χ1n) is 8.50. The van der Waals surface area contributed by atoms with E-state index in [2.05, 4.69) is 15.6 Å². The van der Waals surface area contributed by atoms with Crippen LogP contribution < -0.4 is 33.6 Å². The Morgan fingerprint density at radius 2 is 1.64 bits per heavy atom. The fourth-order valence-electron chi connectivity index (χ4n) is 2.11. The highest BCUT2D eigenvalue weighted by atomic mass is 32.2. The first-order chi connectivity index (χ1) is 13.1. The zero-order valence-corrected chi connectivity index (χ0v) is 16.5. The van der Waals surface area contributed by atoms with E-state index in [9.17, 15) is 24.3 Å². The maximum atomic E-state index is 12.4. The fraction of sp³-hybridized carbons (Fsp3) is 0.667. The number of carboxylic acids is 1. The Hall–Kier alpha value is -2.54. The van der Waals surface area contributed by atoms with Crippen LogP contribution in [-0.4, -0.2) is 71.4 Å². The highest BCUT2D eigenvalue weighted by molar-refractivity contribution is 7.98. The lowest BCUT2D eigenvalue weighted by atomic mass is 10.1. The summed E-state index contributed by atoms with van der Waals surface area (Å²) in [6.45, 7) is 0.282. The highest BCUT2D eigenvalue weighted by Crippen LogP contribution is 2.03. The number of guanidine groups is 1. The van der Waals surface area contributed by atoms with Crippen molar-refractivity contribution >= 4 is 41.4 Å². The van der Waals surface area contributed by atoms with Crippen LogP contribution in [0.25, 0.3) is 0 Å². The average molecular weight is 420 g/mol. The summed E-state index contributed by atoms with van der Waals surface area (Å²) in [5.74, 6) is -3.13. The molecule has 0 bridgehead atoms. The van der Waals surface area contributed by atoms with Crippen LogP contribution in [0.5, 0.6) is 0 Å². The third kappa shape index (κ3) is 11.2. The van der Waals surface area contributed by atoms with Crippen LogP contribution in [0, 0.1) is 0 Å². The minimum atomic E-state index is -1.33. The van der Waals surface area contributed by atoms with Gasteiger partial charge in [0.1, 0.15) is 12.1 Å². The molecule has 0 aliphatic rings. The van der Waals surface area contributed by atoms with E-state index in [-0.39, 0.29) is 25.3 Å². The third-order valence-electron chi connectivity index (χ3n) is 3.57. The molecule has 13 heteroatoms. The summed E-state index contributed by atoms with van der Waals surface area (Å²) < 4.78 is 0. The summed E-state index contributed by atoms with van der Waals surface area (Å²) in [6.07, 6.45) is 2.15. The molecule has 3 amide bonds. The smallest absolute Gasteiger partial charge is 0.326 e. The van der Waals surface area contributed by atoms with Crippen LogP contribution in [0.15, 0.2) is 4.99 Å². The summed E-state index contributed by atoms with van der Waals surface area (Å²) in [5.41, 5.74) is 21.3. The summed E-state index contributed by atoms with van der Waals surface area (Å²) >= 11 is 1.42. The van der Waals surface area contributed by atoms with Crippen LogP contribution in [-0.2, 0) is 19.2 Å². The zero-order chi connectivity index (χ0) is 21.7. The number of carbonyl (C=O) groups is 4.